The summed E-state index contributed by atoms with van der Waals surface area (Å²) in [7, 11) is -3.35. The maximum Gasteiger partial charge on any atom is 0.269 e. The third-order valence-electron chi connectivity index (χ3n) is 4.63. The number of rotatable bonds is 5. The van der Waals surface area contributed by atoms with Crippen LogP contribution in [-0.2, 0) is 26.1 Å². The molecule has 0 atom stereocenters. The minimum atomic E-state index is -3.35. The van der Waals surface area contributed by atoms with Gasteiger partial charge in [-0.2, -0.15) is 5.10 Å². The number of hydrogen-bond acceptors (Lipinski definition) is 6. The standard InChI is InChI=1S/C20H15FN4O5S/c21-14-4-8-15(9-5-14)24-20(17-11-31(29,30)12-18(17)23-24)22-19(26)10-3-13-1-6-16(7-2-13)25(27)28/h1-10H,11-12H2,(H,22,26)/b10-3-. The largest absolute Gasteiger partial charge is 0.307 e. The smallest absolute Gasteiger partial charge is 0.269 e. The molecular weight excluding hydrogens is 427 g/mol. The summed E-state index contributed by atoms with van der Waals surface area (Å²) >= 11 is 0. The second-order valence-electron chi connectivity index (χ2n) is 6.87. The molecule has 4 rings (SSSR count). The van der Waals surface area contributed by atoms with Crippen molar-refractivity contribution in [2.45, 2.75) is 11.5 Å². The van der Waals surface area contributed by atoms with Gasteiger partial charge in [0.1, 0.15) is 11.6 Å². The fourth-order valence-electron chi connectivity index (χ4n) is 3.18. The van der Waals surface area contributed by atoms with Gasteiger partial charge in [-0.3, -0.25) is 14.9 Å². The van der Waals surface area contributed by atoms with E-state index in [0.29, 0.717) is 22.5 Å². The van der Waals surface area contributed by atoms with Crippen LogP contribution in [0.2, 0.25) is 0 Å². The Morgan fingerprint density at radius 3 is 2.45 bits per heavy atom. The molecular formula is C20H15FN4O5S. The first-order valence-corrected chi connectivity index (χ1v) is 10.8. The lowest BCUT2D eigenvalue weighted by molar-refractivity contribution is -0.384. The predicted octanol–water partition coefficient (Wildman–Crippen LogP) is 3.00. The Morgan fingerprint density at radius 1 is 1.13 bits per heavy atom. The fraction of sp³-hybridized carbons (Fsp3) is 0.100. The van der Waals surface area contributed by atoms with Gasteiger partial charge in [0, 0.05) is 23.8 Å². The zero-order chi connectivity index (χ0) is 22.2. The Bertz CT molecular complexity index is 1310. The molecule has 0 radical (unpaired) electrons. The van der Waals surface area contributed by atoms with E-state index >= 15 is 0 Å². The number of aromatic nitrogens is 2. The highest BCUT2D eigenvalue weighted by Gasteiger charge is 2.33. The summed E-state index contributed by atoms with van der Waals surface area (Å²) < 4.78 is 38.6. The summed E-state index contributed by atoms with van der Waals surface area (Å²) in [5.41, 5.74) is 1.69. The topological polar surface area (TPSA) is 124 Å². The van der Waals surface area contributed by atoms with Crippen LogP contribution in [0.1, 0.15) is 16.8 Å². The van der Waals surface area contributed by atoms with Crippen LogP contribution < -0.4 is 5.32 Å². The van der Waals surface area contributed by atoms with Gasteiger partial charge in [0.25, 0.3) is 5.69 Å². The molecule has 1 aliphatic heterocycles. The molecule has 31 heavy (non-hydrogen) atoms. The third-order valence-corrected chi connectivity index (χ3v) is 6.07. The average Bonchev–Trinajstić information content (AvgIpc) is 3.19. The Labute approximate surface area is 175 Å². The van der Waals surface area contributed by atoms with Gasteiger partial charge in [0.05, 0.1) is 27.8 Å². The van der Waals surface area contributed by atoms with Crippen LogP contribution in [0.4, 0.5) is 15.9 Å². The monoisotopic (exact) mass is 442 g/mol. The highest BCUT2D eigenvalue weighted by atomic mass is 32.2. The average molecular weight is 442 g/mol. The number of carbonyl (C=O) groups excluding carboxylic acids is 1. The van der Waals surface area contributed by atoms with E-state index in [1.807, 2.05) is 0 Å². The van der Waals surface area contributed by atoms with Crippen LogP contribution in [0.3, 0.4) is 0 Å². The van der Waals surface area contributed by atoms with Crippen LogP contribution in [0.15, 0.2) is 54.6 Å². The minimum Gasteiger partial charge on any atom is -0.307 e. The molecule has 0 fully saturated rings. The Hall–Kier alpha value is -3.86. The van der Waals surface area contributed by atoms with E-state index in [-0.39, 0.29) is 23.0 Å². The lowest BCUT2D eigenvalue weighted by atomic mass is 10.2. The summed E-state index contributed by atoms with van der Waals surface area (Å²) in [6.45, 7) is 0. The van der Waals surface area contributed by atoms with E-state index in [1.54, 1.807) is 0 Å². The lowest BCUT2D eigenvalue weighted by Crippen LogP contribution is -2.14. The van der Waals surface area contributed by atoms with E-state index in [1.165, 1.54) is 65.4 Å². The number of nitro benzene ring substituents is 1. The van der Waals surface area contributed by atoms with E-state index in [0.717, 1.165) is 0 Å². The first-order chi connectivity index (χ1) is 14.7. The number of sulfone groups is 1. The molecule has 2 aromatic carbocycles. The molecule has 0 saturated heterocycles. The molecule has 1 amide bonds. The predicted molar refractivity (Wildman–Crippen MR) is 111 cm³/mol. The number of benzene rings is 2. The van der Waals surface area contributed by atoms with Crippen LogP contribution in [0, 0.1) is 15.9 Å². The van der Waals surface area contributed by atoms with Crippen molar-refractivity contribution in [2.75, 3.05) is 5.32 Å². The molecule has 3 aromatic rings. The highest BCUT2D eigenvalue weighted by molar-refractivity contribution is 7.90. The van der Waals surface area contributed by atoms with Crippen molar-refractivity contribution in [1.29, 1.82) is 0 Å². The molecule has 0 aliphatic carbocycles. The van der Waals surface area contributed by atoms with Crippen molar-refractivity contribution >= 4 is 33.3 Å². The van der Waals surface area contributed by atoms with E-state index in [9.17, 15) is 27.7 Å². The Kier molecular flexibility index (Phi) is 5.11. The normalized spacial score (nSPS) is 14.5. The number of nitrogens with zero attached hydrogens (tertiary/aromatic N) is 3. The number of fused-ring (bicyclic) bond motifs is 1. The minimum absolute atomic E-state index is 0.0680. The van der Waals surface area contributed by atoms with Gasteiger partial charge in [-0.05, 0) is 48.0 Å². The quantitative estimate of drug-likeness (QED) is 0.368. The van der Waals surface area contributed by atoms with Gasteiger partial charge in [-0.25, -0.2) is 17.5 Å². The summed E-state index contributed by atoms with van der Waals surface area (Å²) in [5, 5.41) is 17.7. The molecule has 158 valence electrons. The number of non-ortho nitro benzene ring substituents is 1. The molecule has 1 aliphatic rings. The van der Waals surface area contributed by atoms with Gasteiger partial charge in [0.2, 0.25) is 5.91 Å². The molecule has 11 heteroatoms. The first kappa shape index (κ1) is 20.4. The number of hydrogen-bond donors (Lipinski definition) is 1. The van der Waals surface area contributed by atoms with Crippen LogP contribution >= 0.6 is 0 Å². The molecule has 0 spiro atoms. The molecule has 0 bridgehead atoms. The van der Waals surface area contributed by atoms with Gasteiger partial charge in [0.15, 0.2) is 9.84 Å². The van der Waals surface area contributed by atoms with Crippen molar-refractivity contribution in [2.24, 2.45) is 0 Å². The number of amides is 1. The summed E-state index contributed by atoms with van der Waals surface area (Å²) in [6, 6.07) is 11.0. The first-order valence-electron chi connectivity index (χ1n) is 9.02. The SMILES string of the molecule is O=C(/C=C\c1ccc([N+](=O)[O-])cc1)Nc1c2c(nn1-c1ccc(F)cc1)CS(=O)(=O)C2. The van der Waals surface area contributed by atoms with Crippen LogP contribution in [0.5, 0.6) is 0 Å². The molecule has 9 nitrogen and oxygen atoms in total. The zero-order valence-corrected chi connectivity index (χ0v) is 16.7. The summed E-state index contributed by atoms with van der Waals surface area (Å²) in [6.07, 6.45) is 2.69. The van der Waals surface area contributed by atoms with Crippen molar-refractivity contribution in [3.05, 3.63) is 87.4 Å². The maximum atomic E-state index is 13.3. The van der Waals surface area contributed by atoms with Crippen molar-refractivity contribution in [3.63, 3.8) is 0 Å². The second-order valence-corrected chi connectivity index (χ2v) is 8.93. The van der Waals surface area contributed by atoms with E-state index in [2.05, 4.69) is 10.4 Å². The number of carbonyl (C=O) groups is 1. The highest BCUT2D eigenvalue weighted by Crippen LogP contribution is 2.33. The zero-order valence-electron chi connectivity index (χ0n) is 15.9. The van der Waals surface area contributed by atoms with Gasteiger partial charge in [-0.15, -0.1) is 0 Å². The van der Waals surface area contributed by atoms with Crippen LogP contribution in [0.25, 0.3) is 11.8 Å². The second kappa shape index (κ2) is 7.76. The van der Waals surface area contributed by atoms with Crippen molar-refractivity contribution in [1.82, 2.24) is 9.78 Å². The van der Waals surface area contributed by atoms with E-state index < -0.39 is 26.5 Å². The van der Waals surface area contributed by atoms with E-state index in [4.69, 9.17) is 0 Å². The number of nitro groups is 1. The molecule has 2 heterocycles. The van der Waals surface area contributed by atoms with Crippen molar-refractivity contribution < 1.29 is 22.5 Å². The summed E-state index contributed by atoms with van der Waals surface area (Å²) in [4.78, 5) is 22.7. The number of anilines is 1. The summed E-state index contributed by atoms with van der Waals surface area (Å²) in [5.74, 6) is -1.29. The Morgan fingerprint density at radius 2 is 1.81 bits per heavy atom. The fourth-order valence-corrected chi connectivity index (χ4v) is 4.67. The number of nitrogens with one attached hydrogen (secondary N) is 1. The molecule has 0 unspecified atom stereocenters. The number of halogens is 1. The van der Waals surface area contributed by atoms with Crippen molar-refractivity contribution in [3.8, 4) is 5.69 Å². The van der Waals surface area contributed by atoms with Crippen LogP contribution in [-0.4, -0.2) is 29.0 Å². The molecule has 1 aromatic heterocycles. The molecule has 1 N–H and O–H groups in total. The maximum absolute atomic E-state index is 13.3. The third kappa shape index (κ3) is 4.36. The lowest BCUT2D eigenvalue weighted by Gasteiger charge is -2.10. The molecule has 0 saturated carbocycles. The van der Waals surface area contributed by atoms with Gasteiger partial charge in [-0.1, -0.05) is 0 Å². The Balaban J connectivity index is 1.61. The van der Waals surface area contributed by atoms with Gasteiger partial charge >= 0.3 is 0 Å². The van der Waals surface area contributed by atoms with Gasteiger partial charge < -0.3 is 5.32 Å².